The summed E-state index contributed by atoms with van der Waals surface area (Å²) in [6.45, 7) is 7.82. The molecule has 1 saturated heterocycles. The fourth-order valence-electron chi connectivity index (χ4n) is 2.52. The van der Waals surface area contributed by atoms with Crippen molar-refractivity contribution in [2.45, 2.75) is 44.5 Å². The first-order valence-electron chi connectivity index (χ1n) is 6.91. The number of benzene rings is 1. The van der Waals surface area contributed by atoms with Crippen molar-refractivity contribution in [1.82, 2.24) is 0 Å². The van der Waals surface area contributed by atoms with Gasteiger partial charge in [0.1, 0.15) is 0 Å². The van der Waals surface area contributed by atoms with Gasteiger partial charge in [-0.25, -0.2) is 0 Å². The highest BCUT2D eigenvalue weighted by atomic mass is 79.9. The van der Waals surface area contributed by atoms with Crippen LogP contribution < -0.4 is 10.6 Å². The summed E-state index contributed by atoms with van der Waals surface area (Å²) in [5, 5.41) is 0.691. The van der Waals surface area contributed by atoms with Gasteiger partial charge in [-0.15, -0.1) is 0 Å². The molecular formula is C15H23BrN2S. The molecule has 0 spiro atoms. The summed E-state index contributed by atoms with van der Waals surface area (Å²) < 4.78 is 1.18. The first-order valence-corrected chi connectivity index (χ1v) is 8.75. The molecule has 2 rings (SSSR count). The number of rotatable bonds is 3. The quantitative estimate of drug-likeness (QED) is 0.908. The molecular weight excluding hydrogens is 320 g/mol. The number of nitrogens with zero attached hydrogens (tertiary/aromatic N) is 1. The standard InChI is InChI=1S/C15H23BrN2S/c1-10(17)8-13-4-5-14(9-15(13)16)18-6-7-19-12(3)11(18)2/h4-5,9-12H,6-8,17H2,1-3H3. The van der Waals surface area contributed by atoms with Crippen LogP contribution in [0.4, 0.5) is 5.69 Å². The van der Waals surface area contributed by atoms with Crippen LogP contribution in [0.3, 0.4) is 0 Å². The second-order valence-corrected chi connectivity index (χ2v) is 7.81. The summed E-state index contributed by atoms with van der Waals surface area (Å²) in [4.78, 5) is 2.52. The molecule has 1 aromatic rings. The van der Waals surface area contributed by atoms with E-state index in [1.807, 2.05) is 6.92 Å². The van der Waals surface area contributed by atoms with Gasteiger partial charge in [-0.1, -0.05) is 28.9 Å². The zero-order valence-corrected chi connectivity index (χ0v) is 14.3. The third-order valence-corrected chi connectivity index (χ3v) is 5.87. The lowest BCUT2D eigenvalue weighted by molar-refractivity contribution is 0.627. The Morgan fingerprint density at radius 3 is 2.84 bits per heavy atom. The van der Waals surface area contributed by atoms with E-state index >= 15 is 0 Å². The highest BCUT2D eigenvalue weighted by Crippen LogP contribution is 2.31. The van der Waals surface area contributed by atoms with Gasteiger partial charge in [0.15, 0.2) is 0 Å². The second-order valence-electron chi connectivity index (χ2n) is 5.47. The molecule has 19 heavy (non-hydrogen) atoms. The minimum Gasteiger partial charge on any atom is -0.367 e. The summed E-state index contributed by atoms with van der Waals surface area (Å²) in [5.74, 6) is 1.21. The molecule has 106 valence electrons. The van der Waals surface area contributed by atoms with Gasteiger partial charge in [0.05, 0.1) is 0 Å². The monoisotopic (exact) mass is 342 g/mol. The first kappa shape index (κ1) is 15.2. The van der Waals surface area contributed by atoms with Crippen LogP contribution in [0.15, 0.2) is 22.7 Å². The van der Waals surface area contributed by atoms with Crippen LogP contribution in [-0.2, 0) is 6.42 Å². The van der Waals surface area contributed by atoms with Gasteiger partial charge in [-0.2, -0.15) is 11.8 Å². The van der Waals surface area contributed by atoms with Crippen LogP contribution in [-0.4, -0.2) is 29.6 Å². The van der Waals surface area contributed by atoms with Crippen LogP contribution in [0.1, 0.15) is 26.3 Å². The zero-order chi connectivity index (χ0) is 14.0. The van der Waals surface area contributed by atoms with E-state index in [4.69, 9.17) is 5.73 Å². The topological polar surface area (TPSA) is 29.3 Å². The molecule has 1 aliphatic rings. The van der Waals surface area contributed by atoms with E-state index in [1.165, 1.54) is 21.5 Å². The van der Waals surface area contributed by atoms with Crippen molar-refractivity contribution < 1.29 is 0 Å². The lowest BCUT2D eigenvalue weighted by atomic mass is 10.1. The van der Waals surface area contributed by atoms with E-state index < -0.39 is 0 Å². The molecule has 1 heterocycles. The molecule has 0 bridgehead atoms. The Morgan fingerprint density at radius 1 is 1.47 bits per heavy atom. The Bertz CT molecular complexity index is 436. The van der Waals surface area contributed by atoms with E-state index in [0.29, 0.717) is 11.3 Å². The van der Waals surface area contributed by atoms with E-state index in [2.05, 4.69) is 64.6 Å². The molecule has 0 amide bonds. The molecule has 1 fully saturated rings. The van der Waals surface area contributed by atoms with E-state index in [1.54, 1.807) is 0 Å². The van der Waals surface area contributed by atoms with Crippen molar-refractivity contribution in [3.05, 3.63) is 28.2 Å². The van der Waals surface area contributed by atoms with Crippen molar-refractivity contribution in [2.75, 3.05) is 17.2 Å². The number of hydrogen-bond donors (Lipinski definition) is 1. The fraction of sp³-hybridized carbons (Fsp3) is 0.600. The smallest absolute Gasteiger partial charge is 0.0380 e. The molecule has 0 aliphatic carbocycles. The number of halogens is 1. The molecule has 3 unspecified atom stereocenters. The maximum atomic E-state index is 5.88. The van der Waals surface area contributed by atoms with E-state index in [0.717, 1.165) is 13.0 Å². The number of anilines is 1. The minimum absolute atomic E-state index is 0.201. The van der Waals surface area contributed by atoms with Crippen molar-refractivity contribution in [3.63, 3.8) is 0 Å². The maximum absolute atomic E-state index is 5.88. The lowest BCUT2D eigenvalue weighted by Crippen LogP contribution is -2.44. The average molecular weight is 343 g/mol. The molecule has 1 aromatic carbocycles. The molecule has 0 saturated carbocycles. The van der Waals surface area contributed by atoms with Crippen LogP contribution in [0.5, 0.6) is 0 Å². The summed E-state index contributed by atoms with van der Waals surface area (Å²) >= 11 is 5.76. The van der Waals surface area contributed by atoms with Crippen molar-refractivity contribution in [3.8, 4) is 0 Å². The Labute approximate surface area is 129 Å². The van der Waals surface area contributed by atoms with Crippen LogP contribution >= 0.6 is 27.7 Å². The highest BCUT2D eigenvalue weighted by molar-refractivity contribution is 9.10. The predicted molar refractivity (Wildman–Crippen MR) is 90.2 cm³/mol. The number of thioether (sulfide) groups is 1. The SMILES string of the molecule is CC(N)Cc1ccc(N2CCSC(C)C2C)cc1Br. The van der Waals surface area contributed by atoms with Gasteiger partial charge in [0.25, 0.3) is 0 Å². The summed E-state index contributed by atoms with van der Waals surface area (Å²) in [5.41, 5.74) is 8.50. The first-order chi connectivity index (χ1) is 8.99. The summed E-state index contributed by atoms with van der Waals surface area (Å²) in [7, 11) is 0. The number of nitrogens with two attached hydrogens (primary N) is 1. The van der Waals surface area contributed by atoms with E-state index in [-0.39, 0.29) is 6.04 Å². The Morgan fingerprint density at radius 2 is 2.21 bits per heavy atom. The molecule has 0 aromatic heterocycles. The van der Waals surface area contributed by atoms with Gasteiger partial charge in [0.2, 0.25) is 0 Å². The van der Waals surface area contributed by atoms with Crippen molar-refractivity contribution in [2.24, 2.45) is 5.73 Å². The third kappa shape index (κ3) is 3.67. The molecule has 0 radical (unpaired) electrons. The molecule has 1 aliphatic heterocycles. The van der Waals surface area contributed by atoms with Crippen molar-refractivity contribution >= 4 is 33.4 Å². The summed E-state index contributed by atoms with van der Waals surface area (Å²) in [6, 6.07) is 7.48. The van der Waals surface area contributed by atoms with Crippen LogP contribution in [0.25, 0.3) is 0 Å². The van der Waals surface area contributed by atoms with Crippen LogP contribution in [0.2, 0.25) is 0 Å². The average Bonchev–Trinajstić information content (AvgIpc) is 2.35. The van der Waals surface area contributed by atoms with Crippen molar-refractivity contribution in [1.29, 1.82) is 0 Å². The predicted octanol–water partition coefficient (Wildman–Crippen LogP) is 3.67. The summed E-state index contributed by atoms with van der Waals surface area (Å²) in [6.07, 6.45) is 0.919. The molecule has 3 atom stereocenters. The molecule has 2 nitrogen and oxygen atoms in total. The Hall–Kier alpha value is -0.190. The highest BCUT2D eigenvalue weighted by Gasteiger charge is 2.25. The van der Waals surface area contributed by atoms with Gasteiger partial charge >= 0.3 is 0 Å². The molecule has 4 heteroatoms. The lowest BCUT2D eigenvalue weighted by Gasteiger charge is -2.39. The third-order valence-electron chi connectivity index (χ3n) is 3.79. The van der Waals surface area contributed by atoms with Gasteiger partial charge in [-0.3, -0.25) is 0 Å². The van der Waals surface area contributed by atoms with Crippen LogP contribution in [0, 0.1) is 0 Å². The van der Waals surface area contributed by atoms with Gasteiger partial charge < -0.3 is 10.6 Å². The number of hydrogen-bond acceptors (Lipinski definition) is 3. The molecule has 2 N–H and O–H groups in total. The fourth-order valence-corrected chi connectivity index (χ4v) is 4.15. The Kier molecular flexibility index (Phi) is 5.21. The second kappa shape index (κ2) is 6.51. The normalized spacial score (nSPS) is 25.4. The van der Waals surface area contributed by atoms with E-state index in [9.17, 15) is 0 Å². The largest absolute Gasteiger partial charge is 0.367 e. The van der Waals surface area contributed by atoms with Gasteiger partial charge in [0, 0.05) is 39.8 Å². The maximum Gasteiger partial charge on any atom is 0.0380 e. The van der Waals surface area contributed by atoms with Gasteiger partial charge in [-0.05, 0) is 38.0 Å². The minimum atomic E-state index is 0.201. The Balaban J connectivity index is 2.19. The zero-order valence-electron chi connectivity index (χ0n) is 11.9.